The van der Waals surface area contributed by atoms with Gasteiger partial charge in [0.1, 0.15) is 11.5 Å². The second kappa shape index (κ2) is 4.14. The van der Waals surface area contributed by atoms with Crippen molar-refractivity contribution >= 4 is 5.69 Å². The van der Waals surface area contributed by atoms with Gasteiger partial charge in [-0.2, -0.15) is 0 Å². The van der Waals surface area contributed by atoms with Crippen LogP contribution in [0.3, 0.4) is 0 Å². The van der Waals surface area contributed by atoms with Crippen molar-refractivity contribution in [1.29, 1.82) is 0 Å². The molecule has 82 valence electrons. The van der Waals surface area contributed by atoms with Crippen LogP contribution in [-0.2, 0) is 6.42 Å². The number of nitrogen functional groups attached to an aromatic ring is 1. The minimum absolute atomic E-state index is 0.156. The van der Waals surface area contributed by atoms with Gasteiger partial charge in [-0.1, -0.05) is 24.3 Å². The van der Waals surface area contributed by atoms with Crippen LogP contribution in [0.4, 0.5) is 5.69 Å². The topological polar surface area (TPSA) is 66.5 Å². The normalized spacial score (nSPS) is 10.2. The van der Waals surface area contributed by atoms with Crippen LogP contribution in [-0.4, -0.2) is 10.2 Å². The number of rotatable bonds is 2. The lowest BCUT2D eigenvalue weighted by molar-refractivity contribution is 0.463. The molecule has 3 heteroatoms. The summed E-state index contributed by atoms with van der Waals surface area (Å²) < 4.78 is 0. The van der Waals surface area contributed by atoms with Gasteiger partial charge in [0.25, 0.3) is 0 Å². The van der Waals surface area contributed by atoms with Crippen LogP contribution in [0.25, 0.3) is 0 Å². The number of nitrogens with two attached hydrogens (primary N) is 1. The van der Waals surface area contributed by atoms with E-state index in [1.807, 2.05) is 6.07 Å². The third kappa shape index (κ3) is 1.93. The fourth-order valence-corrected chi connectivity index (χ4v) is 1.64. The Morgan fingerprint density at radius 3 is 2.25 bits per heavy atom. The molecule has 0 radical (unpaired) electrons. The van der Waals surface area contributed by atoms with Gasteiger partial charge in [0, 0.05) is 17.7 Å². The maximum Gasteiger partial charge on any atom is 0.121 e. The zero-order valence-electron chi connectivity index (χ0n) is 8.72. The van der Waals surface area contributed by atoms with Gasteiger partial charge >= 0.3 is 0 Å². The Kier molecular flexibility index (Phi) is 2.68. The standard InChI is InChI=1S/C13H13NO2/c14-11-5-3-7-13(16)10(11)8-9-4-1-2-6-12(9)15/h1-7,15-16H,8,14H2. The SMILES string of the molecule is Nc1cccc(O)c1Cc1ccccc1O. The van der Waals surface area contributed by atoms with E-state index in [0.29, 0.717) is 17.7 Å². The predicted molar refractivity (Wildman–Crippen MR) is 63.4 cm³/mol. The fraction of sp³-hybridized carbons (Fsp3) is 0.0769. The molecule has 0 spiro atoms. The van der Waals surface area contributed by atoms with Crippen LogP contribution in [0, 0.1) is 0 Å². The highest BCUT2D eigenvalue weighted by Gasteiger charge is 2.08. The molecule has 0 aliphatic heterocycles. The number of para-hydroxylation sites is 1. The second-order valence-electron chi connectivity index (χ2n) is 3.65. The Morgan fingerprint density at radius 1 is 0.875 bits per heavy atom. The molecule has 0 saturated carbocycles. The third-order valence-corrected chi connectivity index (χ3v) is 2.55. The van der Waals surface area contributed by atoms with Crippen LogP contribution in [0.15, 0.2) is 42.5 Å². The monoisotopic (exact) mass is 215 g/mol. The Morgan fingerprint density at radius 2 is 1.56 bits per heavy atom. The molecule has 0 amide bonds. The van der Waals surface area contributed by atoms with Gasteiger partial charge in [-0.3, -0.25) is 0 Å². The van der Waals surface area contributed by atoms with E-state index in [2.05, 4.69) is 0 Å². The lowest BCUT2D eigenvalue weighted by Gasteiger charge is -2.09. The van der Waals surface area contributed by atoms with E-state index >= 15 is 0 Å². The highest BCUT2D eigenvalue weighted by Crippen LogP contribution is 2.28. The summed E-state index contributed by atoms with van der Waals surface area (Å²) in [6.45, 7) is 0. The zero-order valence-corrected chi connectivity index (χ0v) is 8.72. The number of phenols is 2. The molecule has 4 N–H and O–H groups in total. The molecule has 2 aromatic carbocycles. The number of hydrogen-bond acceptors (Lipinski definition) is 3. The summed E-state index contributed by atoms with van der Waals surface area (Å²) in [5.74, 6) is 0.369. The van der Waals surface area contributed by atoms with Gasteiger partial charge in [0.15, 0.2) is 0 Å². The number of aromatic hydroxyl groups is 2. The quantitative estimate of drug-likeness (QED) is 0.673. The van der Waals surface area contributed by atoms with Crippen LogP contribution in [0.1, 0.15) is 11.1 Å². The lowest BCUT2D eigenvalue weighted by Crippen LogP contribution is -1.96. The minimum Gasteiger partial charge on any atom is -0.508 e. The van der Waals surface area contributed by atoms with E-state index in [1.54, 1.807) is 36.4 Å². The number of anilines is 1. The minimum atomic E-state index is 0.156. The molecule has 0 heterocycles. The zero-order chi connectivity index (χ0) is 11.5. The van der Waals surface area contributed by atoms with Gasteiger partial charge in [-0.05, 0) is 23.8 Å². The molecule has 16 heavy (non-hydrogen) atoms. The molecular formula is C13H13NO2. The van der Waals surface area contributed by atoms with Crippen molar-refractivity contribution in [2.24, 2.45) is 0 Å². The molecule has 0 aliphatic carbocycles. The molecule has 0 aromatic heterocycles. The summed E-state index contributed by atoms with van der Waals surface area (Å²) in [5, 5.41) is 19.3. The van der Waals surface area contributed by atoms with Gasteiger partial charge in [0.2, 0.25) is 0 Å². The van der Waals surface area contributed by atoms with Crippen molar-refractivity contribution in [3.05, 3.63) is 53.6 Å². The molecule has 0 atom stereocenters. The molecule has 0 unspecified atom stereocenters. The van der Waals surface area contributed by atoms with E-state index in [1.165, 1.54) is 0 Å². The Labute approximate surface area is 93.8 Å². The molecule has 3 nitrogen and oxygen atoms in total. The average Bonchev–Trinajstić information content (AvgIpc) is 2.26. The molecule has 0 fully saturated rings. The summed E-state index contributed by atoms with van der Waals surface area (Å²) >= 11 is 0. The van der Waals surface area contributed by atoms with Crippen LogP contribution >= 0.6 is 0 Å². The first-order chi connectivity index (χ1) is 7.68. The maximum absolute atomic E-state index is 9.68. The van der Waals surface area contributed by atoms with Crippen molar-refractivity contribution < 1.29 is 10.2 Å². The maximum atomic E-state index is 9.68. The molecular weight excluding hydrogens is 202 g/mol. The highest BCUT2D eigenvalue weighted by atomic mass is 16.3. The first kappa shape index (κ1) is 10.4. The predicted octanol–water partition coefficient (Wildman–Crippen LogP) is 2.27. The van der Waals surface area contributed by atoms with Gasteiger partial charge < -0.3 is 15.9 Å². The number of benzene rings is 2. The van der Waals surface area contributed by atoms with E-state index in [0.717, 1.165) is 5.56 Å². The van der Waals surface area contributed by atoms with Crippen molar-refractivity contribution in [2.75, 3.05) is 5.73 Å². The highest BCUT2D eigenvalue weighted by molar-refractivity contribution is 5.56. The average molecular weight is 215 g/mol. The molecule has 2 rings (SSSR count). The summed E-state index contributed by atoms with van der Waals surface area (Å²) in [6, 6.07) is 12.0. The van der Waals surface area contributed by atoms with Crippen molar-refractivity contribution in [3.8, 4) is 11.5 Å². The third-order valence-electron chi connectivity index (χ3n) is 2.55. The van der Waals surface area contributed by atoms with Gasteiger partial charge in [-0.15, -0.1) is 0 Å². The summed E-state index contributed by atoms with van der Waals surface area (Å²) in [6.07, 6.45) is 0.422. The van der Waals surface area contributed by atoms with Crippen molar-refractivity contribution in [2.45, 2.75) is 6.42 Å². The van der Waals surface area contributed by atoms with Crippen molar-refractivity contribution in [3.63, 3.8) is 0 Å². The van der Waals surface area contributed by atoms with Crippen LogP contribution in [0.5, 0.6) is 11.5 Å². The Bertz CT molecular complexity index is 489. The summed E-state index contributed by atoms with van der Waals surface area (Å²) in [5.41, 5.74) is 7.70. The van der Waals surface area contributed by atoms with Gasteiger partial charge in [0.05, 0.1) is 0 Å². The van der Waals surface area contributed by atoms with Crippen LogP contribution in [0.2, 0.25) is 0 Å². The van der Waals surface area contributed by atoms with Crippen LogP contribution < -0.4 is 5.73 Å². The van der Waals surface area contributed by atoms with Crippen molar-refractivity contribution in [1.82, 2.24) is 0 Å². The van der Waals surface area contributed by atoms with E-state index in [9.17, 15) is 10.2 Å². The lowest BCUT2D eigenvalue weighted by atomic mass is 10.0. The number of hydrogen-bond donors (Lipinski definition) is 3. The first-order valence-electron chi connectivity index (χ1n) is 5.01. The second-order valence-corrected chi connectivity index (χ2v) is 3.65. The molecule has 2 aromatic rings. The van der Waals surface area contributed by atoms with E-state index < -0.39 is 0 Å². The van der Waals surface area contributed by atoms with E-state index in [4.69, 9.17) is 5.73 Å². The number of phenolic OH excluding ortho intramolecular Hbond substituents is 2. The molecule has 0 bridgehead atoms. The Hall–Kier alpha value is -2.16. The molecule has 0 aliphatic rings. The summed E-state index contributed by atoms with van der Waals surface area (Å²) in [4.78, 5) is 0. The largest absolute Gasteiger partial charge is 0.508 e. The fourth-order valence-electron chi connectivity index (χ4n) is 1.64. The summed E-state index contributed by atoms with van der Waals surface area (Å²) in [7, 11) is 0. The first-order valence-corrected chi connectivity index (χ1v) is 5.01. The van der Waals surface area contributed by atoms with E-state index in [-0.39, 0.29) is 11.5 Å². The van der Waals surface area contributed by atoms with Gasteiger partial charge in [-0.25, -0.2) is 0 Å². The Balaban J connectivity index is 2.38. The molecule has 0 saturated heterocycles. The smallest absolute Gasteiger partial charge is 0.121 e.